The van der Waals surface area contributed by atoms with E-state index < -0.39 is 19.9 Å². The minimum atomic E-state index is -3.76. The average Bonchev–Trinajstić information content (AvgIpc) is 2.95. The third kappa shape index (κ3) is 6.44. The zero-order chi connectivity index (χ0) is 20.1. The van der Waals surface area contributed by atoms with Gasteiger partial charge in [-0.3, -0.25) is 4.79 Å². The van der Waals surface area contributed by atoms with E-state index in [9.17, 15) is 21.6 Å². The Morgan fingerprint density at radius 1 is 1.37 bits per heavy atom. The fourth-order valence-corrected chi connectivity index (χ4v) is 6.08. The van der Waals surface area contributed by atoms with Crippen molar-refractivity contribution >= 4 is 37.4 Å². The first-order valence-corrected chi connectivity index (χ1v) is 12.6. The predicted octanol–water partition coefficient (Wildman–Crippen LogP) is 1.82. The van der Waals surface area contributed by atoms with Crippen LogP contribution in [0.5, 0.6) is 0 Å². The molecule has 1 aromatic carbocycles. The fraction of sp³-hybridized carbons (Fsp3) is 0.588. The second kappa shape index (κ2) is 9.36. The quantitative estimate of drug-likeness (QED) is 0.636. The minimum Gasteiger partial charge on any atom is -0.339 e. The van der Waals surface area contributed by atoms with Crippen LogP contribution in [-0.4, -0.2) is 58.3 Å². The highest BCUT2D eigenvalue weighted by Crippen LogP contribution is 2.19. The van der Waals surface area contributed by atoms with Crippen LogP contribution in [0, 0.1) is 0 Å². The third-order valence-corrected chi connectivity index (χ3v) is 7.90. The molecule has 1 fully saturated rings. The highest BCUT2D eigenvalue weighted by atomic mass is 35.5. The van der Waals surface area contributed by atoms with Crippen LogP contribution in [0.2, 0.25) is 5.02 Å². The van der Waals surface area contributed by atoms with E-state index in [1.165, 1.54) is 18.2 Å². The van der Waals surface area contributed by atoms with E-state index in [2.05, 4.69) is 4.72 Å². The number of carbonyl (C=O) groups is 1. The number of halogens is 1. The van der Waals surface area contributed by atoms with E-state index in [0.29, 0.717) is 18.0 Å². The number of rotatable bonds is 9. The molecule has 1 aliphatic heterocycles. The Labute approximate surface area is 166 Å². The molecule has 1 heterocycles. The molecule has 0 spiro atoms. The zero-order valence-electron chi connectivity index (χ0n) is 15.2. The monoisotopic (exact) mass is 436 g/mol. The maximum atomic E-state index is 12.6. The second-order valence-corrected chi connectivity index (χ2v) is 11.0. The van der Waals surface area contributed by atoms with Crippen LogP contribution >= 0.6 is 11.6 Å². The Morgan fingerprint density at radius 2 is 2.11 bits per heavy atom. The van der Waals surface area contributed by atoms with Crippen LogP contribution in [0.3, 0.4) is 0 Å². The summed E-state index contributed by atoms with van der Waals surface area (Å²) < 4.78 is 50.4. The Balaban J connectivity index is 1.97. The molecule has 2 rings (SSSR count). The van der Waals surface area contributed by atoms with E-state index in [1.54, 1.807) is 11.0 Å². The van der Waals surface area contributed by atoms with E-state index in [4.69, 9.17) is 11.6 Å². The minimum absolute atomic E-state index is 0.0172. The van der Waals surface area contributed by atoms with Gasteiger partial charge in [0.25, 0.3) is 0 Å². The zero-order valence-corrected chi connectivity index (χ0v) is 17.6. The van der Waals surface area contributed by atoms with Gasteiger partial charge in [0.1, 0.15) is 0 Å². The van der Waals surface area contributed by atoms with E-state index in [-0.39, 0.29) is 41.3 Å². The molecule has 1 atom stereocenters. The van der Waals surface area contributed by atoms with Crippen LogP contribution in [-0.2, 0) is 24.7 Å². The van der Waals surface area contributed by atoms with Gasteiger partial charge >= 0.3 is 0 Å². The number of benzene rings is 1. The van der Waals surface area contributed by atoms with Crippen molar-refractivity contribution in [1.82, 2.24) is 9.62 Å². The summed E-state index contributed by atoms with van der Waals surface area (Å²) in [6.07, 6.45) is 2.06. The lowest BCUT2D eigenvalue weighted by molar-refractivity contribution is -0.133. The van der Waals surface area contributed by atoms with Crippen LogP contribution < -0.4 is 4.72 Å². The highest BCUT2D eigenvalue weighted by Gasteiger charge is 2.34. The standard InChI is InChI=1S/C17H25ClN2O5S2/c1-2-3-10-20(15-8-11-26(22,23)13-15)17(21)7-9-19-27(24,25)16-6-4-5-14(18)12-16/h4-6,12,15,19H,2-3,7-11,13H2,1H3. The Morgan fingerprint density at radius 3 is 2.70 bits per heavy atom. The van der Waals surface area contributed by atoms with Gasteiger partial charge in [-0.05, 0) is 31.0 Å². The number of nitrogens with zero attached hydrogens (tertiary/aromatic N) is 1. The van der Waals surface area contributed by atoms with Gasteiger partial charge < -0.3 is 4.90 Å². The molecule has 152 valence electrons. The van der Waals surface area contributed by atoms with Gasteiger partial charge in [0.15, 0.2) is 9.84 Å². The van der Waals surface area contributed by atoms with Crippen molar-refractivity contribution in [2.75, 3.05) is 24.6 Å². The summed E-state index contributed by atoms with van der Waals surface area (Å²) in [5.41, 5.74) is 0. The first-order valence-electron chi connectivity index (χ1n) is 8.90. The molecular formula is C17H25ClN2O5S2. The van der Waals surface area contributed by atoms with Gasteiger partial charge in [-0.1, -0.05) is 31.0 Å². The Kier molecular flexibility index (Phi) is 7.67. The van der Waals surface area contributed by atoms with Gasteiger partial charge in [0.2, 0.25) is 15.9 Å². The molecule has 0 radical (unpaired) electrons. The number of hydrogen-bond acceptors (Lipinski definition) is 5. The van der Waals surface area contributed by atoms with Crippen LogP contribution in [0.25, 0.3) is 0 Å². The van der Waals surface area contributed by atoms with Gasteiger partial charge in [-0.15, -0.1) is 0 Å². The summed E-state index contributed by atoms with van der Waals surface area (Å²) in [5, 5.41) is 0.308. The number of sulfonamides is 1. The van der Waals surface area contributed by atoms with E-state index in [0.717, 1.165) is 12.8 Å². The largest absolute Gasteiger partial charge is 0.339 e. The highest BCUT2D eigenvalue weighted by molar-refractivity contribution is 7.91. The summed E-state index contributed by atoms with van der Waals surface area (Å²) in [6.45, 7) is 2.42. The SMILES string of the molecule is CCCCN(C(=O)CCNS(=O)(=O)c1cccc(Cl)c1)C1CCS(=O)(=O)C1. The molecule has 1 saturated heterocycles. The molecule has 0 aliphatic carbocycles. The van der Waals surface area contributed by atoms with E-state index in [1.807, 2.05) is 6.92 Å². The lowest BCUT2D eigenvalue weighted by atomic mass is 10.2. The van der Waals surface area contributed by atoms with E-state index >= 15 is 0 Å². The van der Waals surface area contributed by atoms with Gasteiger partial charge in [-0.2, -0.15) is 0 Å². The smallest absolute Gasteiger partial charge is 0.240 e. The molecule has 0 bridgehead atoms. The lowest BCUT2D eigenvalue weighted by Gasteiger charge is -2.28. The normalized spacial score (nSPS) is 19.1. The first kappa shape index (κ1) is 22.1. The first-order chi connectivity index (χ1) is 12.6. The molecule has 0 aromatic heterocycles. The molecule has 1 aromatic rings. The van der Waals surface area contributed by atoms with Crippen molar-refractivity contribution < 1.29 is 21.6 Å². The van der Waals surface area contributed by atoms with Crippen molar-refractivity contribution in [2.24, 2.45) is 0 Å². The summed E-state index contributed by atoms with van der Waals surface area (Å²) in [4.78, 5) is 14.2. The average molecular weight is 437 g/mol. The number of amides is 1. The molecule has 10 heteroatoms. The molecule has 7 nitrogen and oxygen atoms in total. The predicted molar refractivity (Wildman–Crippen MR) is 105 cm³/mol. The molecule has 1 N–H and O–H groups in total. The van der Waals surface area contributed by atoms with Crippen molar-refractivity contribution in [1.29, 1.82) is 0 Å². The van der Waals surface area contributed by atoms with Gasteiger partial charge in [-0.25, -0.2) is 21.6 Å². The van der Waals surface area contributed by atoms with Gasteiger partial charge in [0.05, 0.1) is 16.4 Å². The fourth-order valence-electron chi connectivity index (χ4n) is 3.01. The summed E-state index contributed by atoms with van der Waals surface area (Å²) in [6, 6.07) is 5.55. The van der Waals surface area contributed by atoms with Crippen molar-refractivity contribution in [2.45, 2.75) is 43.5 Å². The molecule has 0 saturated carbocycles. The maximum Gasteiger partial charge on any atom is 0.240 e. The third-order valence-electron chi connectivity index (χ3n) is 4.46. The summed E-state index contributed by atoms with van der Waals surface area (Å²) >= 11 is 5.82. The topological polar surface area (TPSA) is 101 Å². The second-order valence-electron chi connectivity index (χ2n) is 6.60. The number of carbonyl (C=O) groups excluding carboxylic acids is 1. The lowest BCUT2D eigenvalue weighted by Crippen LogP contribution is -2.43. The molecule has 27 heavy (non-hydrogen) atoms. The number of nitrogens with one attached hydrogen (secondary N) is 1. The molecule has 1 amide bonds. The Bertz CT molecular complexity index is 871. The van der Waals surface area contributed by atoms with Crippen molar-refractivity contribution in [3.63, 3.8) is 0 Å². The summed E-state index contributed by atoms with van der Waals surface area (Å²) in [5.74, 6) is -0.162. The summed E-state index contributed by atoms with van der Waals surface area (Å²) in [7, 11) is -6.86. The Hall–Kier alpha value is -1.16. The van der Waals surface area contributed by atoms with Crippen molar-refractivity contribution in [3.8, 4) is 0 Å². The molecule has 1 unspecified atom stereocenters. The molecular weight excluding hydrogens is 412 g/mol. The number of unbranched alkanes of at least 4 members (excludes halogenated alkanes) is 1. The van der Waals surface area contributed by atoms with Gasteiger partial charge in [0, 0.05) is 30.6 Å². The van der Waals surface area contributed by atoms with Crippen LogP contribution in [0.15, 0.2) is 29.2 Å². The van der Waals surface area contributed by atoms with Crippen molar-refractivity contribution in [3.05, 3.63) is 29.3 Å². The number of sulfone groups is 1. The molecule has 1 aliphatic rings. The van der Waals surface area contributed by atoms with Crippen LogP contribution in [0.1, 0.15) is 32.6 Å². The van der Waals surface area contributed by atoms with Crippen LogP contribution in [0.4, 0.5) is 0 Å². The maximum absolute atomic E-state index is 12.6. The number of hydrogen-bond donors (Lipinski definition) is 1.